The number of rotatable bonds is 7. The van der Waals surface area contributed by atoms with Gasteiger partial charge >= 0.3 is 12.0 Å². The SMILES string of the molecule is COC(=O)[C@H](C)NC(=O)N(Cc1ccccc1)NC(=O)[C@H](N)Cc1ccccc1. The van der Waals surface area contributed by atoms with Crippen molar-refractivity contribution >= 4 is 17.9 Å². The average molecular weight is 398 g/mol. The number of hydrogen-bond acceptors (Lipinski definition) is 5. The molecule has 8 nitrogen and oxygen atoms in total. The van der Waals surface area contributed by atoms with Gasteiger partial charge < -0.3 is 15.8 Å². The fourth-order valence-corrected chi connectivity index (χ4v) is 2.60. The molecule has 4 N–H and O–H groups in total. The lowest BCUT2D eigenvalue weighted by atomic mass is 10.1. The predicted octanol–water partition coefficient (Wildman–Crippen LogP) is 1.36. The third-order valence-corrected chi connectivity index (χ3v) is 4.20. The van der Waals surface area contributed by atoms with Crippen molar-refractivity contribution in [3.05, 3.63) is 71.8 Å². The van der Waals surface area contributed by atoms with Gasteiger partial charge in [0.05, 0.1) is 19.7 Å². The van der Waals surface area contributed by atoms with Crippen LogP contribution in [0.1, 0.15) is 18.1 Å². The topological polar surface area (TPSA) is 114 Å². The Morgan fingerprint density at radius 2 is 1.55 bits per heavy atom. The molecule has 0 aromatic heterocycles. The van der Waals surface area contributed by atoms with Gasteiger partial charge in [-0.3, -0.25) is 10.2 Å². The van der Waals surface area contributed by atoms with E-state index in [-0.39, 0.29) is 6.54 Å². The summed E-state index contributed by atoms with van der Waals surface area (Å²) in [6.07, 6.45) is 0.325. The van der Waals surface area contributed by atoms with Crippen LogP contribution in [0.5, 0.6) is 0 Å². The fourth-order valence-electron chi connectivity index (χ4n) is 2.60. The number of benzene rings is 2. The van der Waals surface area contributed by atoms with E-state index in [1.165, 1.54) is 14.0 Å². The maximum Gasteiger partial charge on any atom is 0.337 e. The zero-order chi connectivity index (χ0) is 21.2. The third-order valence-electron chi connectivity index (χ3n) is 4.20. The molecule has 3 amide bonds. The molecule has 0 radical (unpaired) electrons. The first-order valence-corrected chi connectivity index (χ1v) is 9.20. The van der Waals surface area contributed by atoms with Crippen LogP contribution in [0.4, 0.5) is 4.79 Å². The number of methoxy groups -OCH3 is 1. The number of hydrazine groups is 1. The van der Waals surface area contributed by atoms with Crippen LogP contribution >= 0.6 is 0 Å². The van der Waals surface area contributed by atoms with Crippen molar-refractivity contribution in [1.29, 1.82) is 0 Å². The van der Waals surface area contributed by atoms with Gasteiger partial charge in [-0.05, 0) is 24.5 Å². The Morgan fingerprint density at radius 3 is 2.10 bits per heavy atom. The molecular weight excluding hydrogens is 372 g/mol. The van der Waals surface area contributed by atoms with E-state index in [1.54, 1.807) is 0 Å². The molecule has 8 heteroatoms. The number of carbonyl (C=O) groups is 3. The predicted molar refractivity (Wildman–Crippen MR) is 108 cm³/mol. The van der Waals surface area contributed by atoms with Crippen LogP contribution in [0.25, 0.3) is 0 Å². The summed E-state index contributed by atoms with van der Waals surface area (Å²) < 4.78 is 4.62. The number of nitrogens with zero attached hydrogens (tertiary/aromatic N) is 1. The van der Waals surface area contributed by atoms with Crippen molar-refractivity contribution in [2.75, 3.05) is 7.11 Å². The molecule has 2 atom stereocenters. The van der Waals surface area contributed by atoms with Gasteiger partial charge in [0.1, 0.15) is 6.04 Å². The van der Waals surface area contributed by atoms with Crippen LogP contribution in [0, 0.1) is 0 Å². The summed E-state index contributed by atoms with van der Waals surface area (Å²) in [6, 6.07) is 16.1. The third kappa shape index (κ3) is 6.93. The van der Waals surface area contributed by atoms with E-state index in [9.17, 15) is 14.4 Å². The molecular formula is C21H26N4O4. The molecule has 29 heavy (non-hydrogen) atoms. The highest BCUT2D eigenvalue weighted by Crippen LogP contribution is 2.05. The largest absolute Gasteiger partial charge is 0.467 e. The molecule has 0 aliphatic carbocycles. The number of nitrogens with two attached hydrogens (primary N) is 1. The van der Waals surface area contributed by atoms with E-state index in [1.807, 2.05) is 60.7 Å². The fraction of sp³-hybridized carbons (Fsp3) is 0.286. The first kappa shape index (κ1) is 21.9. The summed E-state index contributed by atoms with van der Waals surface area (Å²) in [5.74, 6) is -1.10. The maximum absolute atomic E-state index is 12.6. The molecule has 0 saturated heterocycles. The lowest BCUT2D eigenvalue weighted by Crippen LogP contribution is -2.56. The van der Waals surface area contributed by atoms with Gasteiger partial charge in [0.2, 0.25) is 0 Å². The lowest BCUT2D eigenvalue weighted by Gasteiger charge is -2.26. The molecule has 2 aromatic carbocycles. The number of nitrogens with one attached hydrogen (secondary N) is 2. The van der Waals surface area contributed by atoms with E-state index in [4.69, 9.17) is 5.73 Å². The quantitative estimate of drug-likeness (QED) is 0.481. The van der Waals surface area contributed by atoms with Crippen molar-refractivity contribution in [2.24, 2.45) is 5.73 Å². The lowest BCUT2D eigenvalue weighted by molar-refractivity contribution is -0.142. The molecule has 0 fully saturated rings. The molecule has 0 saturated carbocycles. The highest BCUT2D eigenvalue weighted by atomic mass is 16.5. The number of esters is 1. The second-order valence-corrected chi connectivity index (χ2v) is 6.54. The molecule has 2 aromatic rings. The summed E-state index contributed by atoms with van der Waals surface area (Å²) in [6.45, 7) is 1.59. The van der Waals surface area contributed by atoms with Crippen molar-refractivity contribution in [2.45, 2.75) is 32.0 Å². The maximum atomic E-state index is 12.6. The Labute approximate surface area is 170 Å². The van der Waals surface area contributed by atoms with Crippen LogP contribution in [-0.4, -0.2) is 42.1 Å². The van der Waals surface area contributed by atoms with Gasteiger partial charge in [0.25, 0.3) is 5.91 Å². The van der Waals surface area contributed by atoms with E-state index in [2.05, 4.69) is 15.5 Å². The zero-order valence-electron chi connectivity index (χ0n) is 16.5. The highest BCUT2D eigenvalue weighted by molar-refractivity contribution is 5.87. The van der Waals surface area contributed by atoms with Gasteiger partial charge in [-0.1, -0.05) is 60.7 Å². The number of carbonyl (C=O) groups excluding carboxylic acids is 3. The van der Waals surface area contributed by atoms with E-state index < -0.39 is 30.0 Å². The highest BCUT2D eigenvalue weighted by Gasteiger charge is 2.24. The Morgan fingerprint density at radius 1 is 1.00 bits per heavy atom. The molecule has 0 unspecified atom stereocenters. The Bertz CT molecular complexity index is 814. The Kier molecular flexibility index (Phi) is 8.17. The second-order valence-electron chi connectivity index (χ2n) is 6.54. The van der Waals surface area contributed by atoms with E-state index >= 15 is 0 Å². The van der Waals surface area contributed by atoms with Crippen LogP contribution in [0.15, 0.2) is 60.7 Å². The smallest absolute Gasteiger partial charge is 0.337 e. The first-order chi connectivity index (χ1) is 13.9. The van der Waals surface area contributed by atoms with Gasteiger partial charge in [-0.2, -0.15) is 0 Å². The minimum atomic E-state index is -0.874. The number of amides is 3. The molecule has 0 heterocycles. The van der Waals surface area contributed by atoms with Gasteiger partial charge in [-0.25, -0.2) is 14.6 Å². The Balaban J connectivity index is 2.08. The van der Waals surface area contributed by atoms with Gasteiger partial charge in [-0.15, -0.1) is 0 Å². The molecule has 2 rings (SSSR count). The minimum Gasteiger partial charge on any atom is -0.467 e. The second kappa shape index (κ2) is 10.8. The molecule has 0 bridgehead atoms. The number of urea groups is 1. The summed E-state index contributed by atoms with van der Waals surface area (Å²) in [5.41, 5.74) is 10.3. The van der Waals surface area contributed by atoms with Gasteiger partial charge in [0.15, 0.2) is 0 Å². The first-order valence-electron chi connectivity index (χ1n) is 9.20. The van der Waals surface area contributed by atoms with E-state index in [0.29, 0.717) is 6.42 Å². The zero-order valence-corrected chi connectivity index (χ0v) is 16.5. The summed E-state index contributed by atoms with van der Waals surface area (Å²) in [4.78, 5) is 36.8. The average Bonchev–Trinajstić information content (AvgIpc) is 2.73. The Hall–Kier alpha value is -3.39. The van der Waals surface area contributed by atoms with Crippen molar-refractivity contribution in [3.8, 4) is 0 Å². The van der Waals surface area contributed by atoms with E-state index in [0.717, 1.165) is 16.1 Å². The molecule has 0 aliphatic heterocycles. The van der Waals surface area contributed by atoms with Gasteiger partial charge in [0, 0.05) is 0 Å². The molecule has 0 spiro atoms. The molecule has 154 valence electrons. The summed E-state index contributed by atoms with van der Waals surface area (Å²) in [5, 5.41) is 3.60. The summed E-state index contributed by atoms with van der Waals surface area (Å²) >= 11 is 0. The summed E-state index contributed by atoms with van der Waals surface area (Å²) in [7, 11) is 1.23. The number of hydrogen-bond donors (Lipinski definition) is 3. The van der Waals surface area contributed by atoms with Crippen molar-refractivity contribution in [3.63, 3.8) is 0 Å². The van der Waals surface area contributed by atoms with Crippen molar-refractivity contribution in [1.82, 2.24) is 15.8 Å². The molecule has 0 aliphatic rings. The normalized spacial score (nSPS) is 12.4. The number of ether oxygens (including phenoxy) is 1. The van der Waals surface area contributed by atoms with Crippen LogP contribution in [0.3, 0.4) is 0 Å². The van der Waals surface area contributed by atoms with Crippen LogP contribution in [-0.2, 0) is 27.3 Å². The monoisotopic (exact) mass is 398 g/mol. The van der Waals surface area contributed by atoms with Crippen molar-refractivity contribution < 1.29 is 19.1 Å². The van der Waals surface area contributed by atoms with Crippen LogP contribution in [0.2, 0.25) is 0 Å². The standard InChI is InChI=1S/C21H26N4O4/c1-15(20(27)29-2)23-21(28)25(14-17-11-7-4-8-12-17)24-19(26)18(22)13-16-9-5-3-6-10-16/h3-12,15,18H,13-14,22H2,1-2H3,(H,23,28)(H,24,26)/t15-,18+/m0/s1. The van der Waals surface area contributed by atoms with Crippen LogP contribution < -0.4 is 16.5 Å². The minimum absolute atomic E-state index is 0.102.